The fourth-order valence-corrected chi connectivity index (χ4v) is 3.44. The van der Waals surface area contributed by atoms with E-state index >= 15 is 0 Å². The van der Waals surface area contributed by atoms with Gasteiger partial charge in [0.05, 0.1) is 0 Å². The van der Waals surface area contributed by atoms with Gasteiger partial charge in [0.1, 0.15) is 5.60 Å². The van der Waals surface area contributed by atoms with Gasteiger partial charge in [0.2, 0.25) is 0 Å². The summed E-state index contributed by atoms with van der Waals surface area (Å²) in [5.41, 5.74) is 13.2. The molecule has 6 nitrogen and oxygen atoms in total. The Balaban J connectivity index is 1.99. The second kappa shape index (κ2) is 8.58. The maximum absolute atomic E-state index is 12.2. The molecule has 5 N–H and O–H groups in total. The Morgan fingerprint density at radius 1 is 1.35 bits per heavy atom. The molecule has 1 heterocycles. The number of para-hydroxylation sites is 1. The van der Waals surface area contributed by atoms with Crippen molar-refractivity contribution in [2.24, 2.45) is 11.7 Å². The van der Waals surface area contributed by atoms with Gasteiger partial charge in [0.25, 0.3) is 0 Å². The minimum atomic E-state index is -0.478. The van der Waals surface area contributed by atoms with Gasteiger partial charge in [0, 0.05) is 24.8 Å². The number of nitrogens with one attached hydrogen (secondary N) is 1. The normalized spacial score (nSPS) is 16.8. The van der Waals surface area contributed by atoms with Gasteiger partial charge in [-0.25, -0.2) is 4.79 Å². The second-order valence-electron chi connectivity index (χ2n) is 7.82. The van der Waals surface area contributed by atoms with E-state index in [1.807, 2.05) is 45.0 Å². The maximum atomic E-state index is 12.2. The fraction of sp³-hybridized carbons (Fsp3) is 0.579. The van der Waals surface area contributed by atoms with Gasteiger partial charge in [-0.3, -0.25) is 0 Å². The first-order valence-corrected chi connectivity index (χ1v) is 9.44. The third-order valence-electron chi connectivity index (χ3n) is 4.58. The lowest BCUT2D eigenvalue weighted by Gasteiger charge is -2.37. The number of ether oxygens (including phenoxy) is 1. The van der Waals surface area contributed by atoms with Crippen LogP contribution in [0.3, 0.4) is 0 Å². The number of hydrogen-bond acceptors (Lipinski definition) is 4. The van der Waals surface area contributed by atoms with Crippen LogP contribution in [0.25, 0.3) is 0 Å². The third-order valence-corrected chi connectivity index (χ3v) is 4.70. The molecule has 7 heteroatoms. The molecular formula is C19H30N4O2S. The minimum Gasteiger partial charge on any atom is -0.444 e. The van der Waals surface area contributed by atoms with Crippen LogP contribution < -0.4 is 16.8 Å². The van der Waals surface area contributed by atoms with Crippen LogP contribution in [0.5, 0.6) is 0 Å². The molecule has 1 aromatic carbocycles. The summed E-state index contributed by atoms with van der Waals surface area (Å²) in [5, 5.41) is 3.52. The zero-order chi connectivity index (χ0) is 19.3. The number of nitrogens with two attached hydrogens (primary N) is 2. The molecule has 0 bridgehead atoms. The molecule has 1 amide bonds. The van der Waals surface area contributed by atoms with Crippen molar-refractivity contribution in [3.05, 3.63) is 29.8 Å². The van der Waals surface area contributed by atoms with Crippen LogP contribution in [-0.4, -0.2) is 40.8 Å². The lowest BCUT2D eigenvalue weighted by atomic mass is 9.85. The zero-order valence-corrected chi connectivity index (χ0v) is 16.6. The van der Waals surface area contributed by atoms with E-state index in [4.69, 9.17) is 28.4 Å². The monoisotopic (exact) mass is 378 g/mol. The summed E-state index contributed by atoms with van der Waals surface area (Å²) in [5.74, 6) is 0.356. The minimum absolute atomic E-state index is 0.0954. The molecule has 1 atom stereocenters. The number of carbonyl (C=O) groups excluding carboxylic acids is 1. The molecule has 144 valence electrons. The molecule has 0 saturated carbocycles. The van der Waals surface area contributed by atoms with Gasteiger partial charge in [-0.2, -0.15) is 0 Å². The van der Waals surface area contributed by atoms with Crippen LogP contribution in [0.4, 0.5) is 10.5 Å². The van der Waals surface area contributed by atoms with E-state index in [1.54, 1.807) is 4.90 Å². The smallest absolute Gasteiger partial charge is 0.410 e. The molecule has 26 heavy (non-hydrogen) atoms. The molecule has 1 aliphatic heterocycles. The van der Waals surface area contributed by atoms with E-state index in [2.05, 4.69) is 5.32 Å². The fourth-order valence-electron chi connectivity index (χ4n) is 3.29. The van der Waals surface area contributed by atoms with Crippen LogP contribution in [0.15, 0.2) is 24.3 Å². The molecule has 2 rings (SSSR count). The van der Waals surface area contributed by atoms with Crippen molar-refractivity contribution in [3.8, 4) is 0 Å². The average Bonchev–Trinajstić information content (AvgIpc) is 2.54. The molecule has 1 aliphatic rings. The summed E-state index contributed by atoms with van der Waals surface area (Å²) in [6.07, 6.45) is 2.24. The Labute approximate surface area is 161 Å². The summed E-state index contributed by atoms with van der Waals surface area (Å²) < 4.78 is 5.46. The van der Waals surface area contributed by atoms with E-state index in [1.165, 1.54) is 0 Å². The van der Waals surface area contributed by atoms with Crippen molar-refractivity contribution in [2.75, 3.05) is 18.8 Å². The van der Waals surface area contributed by atoms with E-state index < -0.39 is 5.60 Å². The van der Waals surface area contributed by atoms with Crippen molar-refractivity contribution >= 4 is 29.1 Å². The van der Waals surface area contributed by atoms with Crippen molar-refractivity contribution in [1.82, 2.24) is 10.2 Å². The highest BCUT2D eigenvalue weighted by Crippen LogP contribution is 2.25. The van der Waals surface area contributed by atoms with E-state index in [9.17, 15) is 4.79 Å². The van der Waals surface area contributed by atoms with Crippen molar-refractivity contribution in [3.63, 3.8) is 0 Å². The molecule has 0 aliphatic carbocycles. The van der Waals surface area contributed by atoms with Crippen LogP contribution >= 0.6 is 12.2 Å². The number of thiocarbonyl (C=S) groups is 1. The number of benzene rings is 1. The largest absolute Gasteiger partial charge is 0.444 e. The number of piperidine rings is 1. The van der Waals surface area contributed by atoms with Gasteiger partial charge < -0.3 is 26.4 Å². The highest BCUT2D eigenvalue weighted by molar-refractivity contribution is 7.80. The van der Waals surface area contributed by atoms with Gasteiger partial charge in [-0.05, 0) is 69.8 Å². The molecule has 1 saturated heterocycles. The first-order chi connectivity index (χ1) is 12.2. The molecule has 0 aromatic heterocycles. The number of amides is 1. The Bertz CT molecular complexity index is 637. The Hall–Kier alpha value is -2.02. The molecule has 0 spiro atoms. The molecule has 0 radical (unpaired) electrons. The Kier molecular flexibility index (Phi) is 6.69. The first kappa shape index (κ1) is 20.3. The van der Waals surface area contributed by atoms with E-state index in [0.717, 1.165) is 30.5 Å². The van der Waals surface area contributed by atoms with Crippen LogP contribution in [-0.2, 0) is 11.2 Å². The van der Waals surface area contributed by atoms with Gasteiger partial charge in [-0.15, -0.1) is 0 Å². The summed E-state index contributed by atoms with van der Waals surface area (Å²) in [6.45, 7) is 6.97. The van der Waals surface area contributed by atoms with Gasteiger partial charge in [-0.1, -0.05) is 18.2 Å². The molecule has 1 aromatic rings. The SMILES string of the molecule is CC(C)(C)OC(=O)N1CCC(C(Cc2ccccc2N)NC(N)=S)CC1. The zero-order valence-electron chi connectivity index (χ0n) is 15.8. The number of nitrogens with zero attached hydrogens (tertiary/aromatic N) is 1. The van der Waals surface area contributed by atoms with Crippen LogP contribution in [0.2, 0.25) is 0 Å². The van der Waals surface area contributed by atoms with Crippen LogP contribution in [0.1, 0.15) is 39.2 Å². The number of rotatable bonds is 4. The quantitative estimate of drug-likeness (QED) is 0.551. The van der Waals surface area contributed by atoms with E-state index in [-0.39, 0.29) is 12.1 Å². The van der Waals surface area contributed by atoms with Gasteiger partial charge in [0.15, 0.2) is 5.11 Å². The van der Waals surface area contributed by atoms with Gasteiger partial charge >= 0.3 is 6.09 Å². The standard InChI is InChI=1S/C19H30N4O2S/c1-19(2,3)25-18(24)23-10-8-13(9-11-23)16(22-17(21)26)12-14-6-4-5-7-15(14)20/h4-7,13,16H,8-12,20H2,1-3H3,(H3,21,22,26). The highest BCUT2D eigenvalue weighted by Gasteiger charge is 2.31. The van der Waals surface area contributed by atoms with Crippen molar-refractivity contribution < 1.29 is 9.53 Å². The molecule has 1 fully saturated rings. The van der Waals surface area contributed by atoms with Crippen molar-refractivity contribution in [1.29, 1.82) is 0 Å². The highest BCUT2D eigenvalue weighted by atomic mass is 32.1. The maximum Gasteiger partial charge on any atom is 0.410 e. The molecular weight excluding hydrogens is 348 g/mol. The topological polar surface area (TPSA) is 93.6 Å². The second-order valence-corrected chi connectivity index (χ2v) is 8.26. The lowest BCUT2D eigenvalue weighted by molar-refractivity contribution is 0.0172. The predicted octanol–water partition coefficient (Wildman–Crippen LogP) is 2.66. The summed E-state index contributed by atoms with van der Waals surface area (Å²) in [6, 6.07) is 7.93. The Morgan fingerprint density at radius 3 is 2.50 bits per heavy atom. The number of anilines is 1. The predicted molar refractivity (Wildman–Crippen MR) is 109 cm³/mol. The third kappa shape index (κ3) is 6.05. The average molecular weight is 379 g/mol. The number of carbonyl (C=O) groups is 1. The first-order valence-electron chi connectivity index (χ1n) is 9.03. The Morgan fingerprint density at radius 2 is 1.96 bits per heavy atom. The molecule has 1 unspecified atom stereocenters. The lowest BCUT2D eigenvalue weighted by Crippen LogP contribution is -2.49. The summed E-state index contributed by atoms with van der Waals surface area (Å²) >= 11 is 5.07. The summed E-state index contributed by atoms with van der Waals surface area (Å²) in [7, 11) is 0. The van der Waals surface area contributed by atoms with Crippen LogP contribution in [0, 0.1) is 5.92 Å². The number of hydrogen-bond donors (Lipinski definition) is 3. The number of nitrogen functional groups attached to an aromatic ring is 1. The van der Waals surface area contributed by atoms with Crippen molar-refractivity contribution in [2.45, 2.75) is 51.7 Å². The number of likely N-dealkylation sites (tertiary alicyclic amines) is 1. The van der Waals surface area contributed by atoms with E-state index in [0.29, 0.717) is 24.1 Å². The summed E-state index contributed by atoms with van der Waals surface area (Å²) in [4.78, 5) is 14.0.